The molecular formula is C9H8N4O2. The SMILES string of the molecule is COC(=O)c1n[nH]nc1-c1ccncc1. The van der Waals surface area contributed by atoms with Gasteiger partial charge < -0.3 is 4.74 Å². The van der Waals surface area contributed by atoms with Gasteiger partial charge in [0.2, 0.25) is 0 Å². The Kier molecular flexibility index (Phi) is 2.40. The van der Waals surface area contributed by atoms with Crippen LogP contribution in [0.15, 0.2) is 24.5 Å². The molecule has 0 atom stereocenters. The van der Waals surface area contributed by atoms with E-state index in [-0.39, 0.29) is 5.69 Å². The molecule has 0 unspecified atom stereocenters. The molecule has 0 aliphatic carbocycles. The molecule has 76 valence electrons. The lowest BCUT2D eigenvalue weighted by molar-refractivity contribution is 0.0595. The van der Waals surface area contributed by atoms with Crippen molar-refractivity contribution in [3.05, 3.63) is 30.2 Å². The molecule has 0 radical (unpaired) electrons. The van der Waals surface area contributed by atoms with Crippen molar-refractivity contribution in [2.45, 2.75) is 0 Å². The summed E-state index contributed by atoms with van der Waals surface area (Å²) in [4.78, 5) is 15.2. The molecular weight excluding hydrogens is 196 g/mol. The zero-order chi connectivity index (χ0) is 10.7. The first-order chi connectivity index (χ1) is 7.33. The Morgan fingerprint density at radius 1 is 1.33 bits per heavy atom. The molecule has 6 heteroatoms. The Morgan fingerprint density at radius 3 is 2.73 bits per heavy atom. The molecule has 0 amide bonds. The third-order valence-electron chi connectivity index (χ3n) is 1.88. The van der Waals surface area contributed by atoms with E-state index in [0.29, 0.717) is 5.69 Å². The van der Waals surface area contributed by atoms with Gasteiger partial charge in [-0.2, -0.15) is 10.3 Å². The number of pyridine rings is 1. The third-order valence-corrected chi connectivity index (χ3v) is 1.88. The van der Waals surface area contributed by atoms with Crippen LogP contribution in [0.5, 0.6) is 0 Å². The van der Waals surface area contributed by atoms with E-state index in [0.717, 1.165) is 5.56 Å². The van der Waals surface area contributed by atoms with Gasteiger partial charge in [-0.15, -0.1) is 5.10 Å². The molecule has 0 aliphatic heterocycles. The normalized spacial score (nSPS) is 9.93. The van der Waals surface area contributed by atoms with Crippen molar-refractivity contribution in [2.75, 3.05) is 7.11 Å². The van der Waals surface area contributed by atoms with Crippen LogP contribution in [0.3, 0.4) is 0 Å². The molecule has 2 rings (SSSR count). The second-order valence-electron chi connectivity index (χ2n) is 2.75. The predicted molar refractivity (Wildman–Crippen MR) is 51.0 cm³/mol. The molecule has 2 aromatic heterocycles. The molecule has 2 aromatic rings. The summed E-state index contributed by atoms with van der Waals surface area (Å²) in [6.07, 6.45) is 3.23. The van der Waals surface area contributed by atoms with Gasteiger partial charge in [-0.05, 0) is 12.1 Å². The zero-order valence-electron chi connectivity index (χ0n) is 7.97. The molecule has 2 heterocycles. The number of methoxy groups -OCH3 is 1. The van der Waals surface area contributed by atoms with E-state index in [4.69, 9.17) is 0 Å². The fourth-order valence-electron chi connectivity index (χ4n) is 1.18. The molecule has 0 aromatic carbocycles. The first-order valence-corrected chi connectivity index (χ1v) is 4.22. The van der Waals surface area contributed by atoms with E-state index in [1.165, 1.54) is 7.11 Å². The highest BCUT2D eigenvalue weighted by Gasteiger charge is 2.17. The van der Waals surface area contributed by atoms with Crippen molar-refractivity contribution >= 4 is 5.97 Å². The summed E-state index contributed by atoms with van der Waals surface area (Å²) in [6, 6.07) is 3.48. The van der Waals surface area contributed by atoms with Gasteiger partial charge in [-0.25, -0.2) is 4.79 Å². The summed E-state index contributed by atoms with van der Waals surface area (Å²) >= 11 is 0. The number of nitrogens with zero attached hydrogens (tertiary/aromatic N) is 3. The largest absolute Gasteiger partial charge is 0.464 e. The number of aromatic amines is 1. The lowest BCUT2D eigenvalue weighted by Crippen LogP contribution is -2.03. The first-order valence-electron chi connectivity index (χ1n) is 4.22. The van der Waals surface area contributed by atoms with Gasteiger partial charge in [-0.3, -0.25) is 4.98 Å². The van der Waals surface area contributed by atoms with Crippen LogP contribution < -0.4 is 0 Å². The summed E-state index contributed by atoms with van der Waals surface area (Å²) < 4.78 is 4.58. The monoisotopic (exact) mass is 204 g/mol. The number of ether oxygens (including phenoxy) is 1. The Labute approximate surface area is 85.3 Å². The minimum absolute atomic E-state index is 0.170. The zero-order valence-corrected chi connectivity index (χ0v) is 7.97. The van der Waals surface area contributed by atoms with E-state index in [9.17, 15) is 4.79 Å². The summed E-state index contributed by atoms with van der Waals surface area (Å²) in [5.74, 6) is -0.518. The van der Waals surface area contributed by atoms with Gasteiger partial charge in [-0.1, -0.05) is 0 Å². The van der Waals surface area contributed by atoms with Crippen molar-refractivity contribution in [3.63, 3.8) is 0 Å². The molecule has 6 nitrogen and oxygen atoms in total. The van der Waals surface area contributed by atoms with Gasteiger partial charge in [0, 0.05) is 18.0 Å². The highest BCUT2D eigenvalue weighted by molar-refractivity contribution is 5.93. The third kappa shape index (κ3) is 1.69. The number of rotatable bonds is 2. The van der Waals surface area contributed by atoms with Crippen molar-refractivity contribution in [1.82, 2.24) is 20.4 Å². The Balaban J connectivity index is 2.46. The molecule has 0 bridgehead atoms. The molecule has 0 saturated heterocycles. The summed E-state index contributed by atoms with van der Waals surface area (Å²) in [6.45, 7) is 0. The predicted octanol–water partition coefficient (Wildman–Crippen LogP) is 0.653. The summed E-state index contributed by atoms with van der Waals surface area (Å²) in [7, 11) is 1.30. The molecule has 0 aliphatic rings. The second-order valence-corrected chi connectivity index (χ2v) is 2.75. The minimum atomic E-state index is -0.518. The quantitative estimate of drug-likeness (QED) is 0.726. The van der Waals surface area contributed by atoms with Gasteiger partial charge in [0.1, 0.15) is 5.69 Å². The summed E-state index contributed by atoms with van der Waals surface area (Å²) in [5.41, 5.74) is 1.40. The molecule has 15 heavy (non-hydrogen) atoms. The van der Waals surface area contributed by atoms with Gasteiger partial charge >= 0.3 is 5.97 Å². The van der Waals surface area contributed by atoms with Crippen LogP contribution in [0.2, 0.25) is 0 Å². The number of carbonyl (C=O) groups excluding carboxylic acids is 1. The Hall–Kier alpha value is -2.24. The molecule has 0 saturated carbocycles. The van der Waals surface area contributed by atoms with Gasteiger partial charge in [0.05, 0.1) is 7.11 Å². The van der Waals surface area contributed by atoms with E-state index < -0.39 is 5.97 Å². The van der Waals surface area contributed by atoms with Crippen LogP contribution in [-0.2, 0) is 4.74 Å². The van der Waals surface area contributed by atoms with Crippen LogP contribution in [0.25, 0.3) is 11.3 Å². The fraction of sp³-hybridized carbons (Fsp3) is 0.111. The number of hydrogen-bond acceptors (Lipinski definition) is 5. The van der Waals surface area contributed by atoms with Crippen molar-refractivity contribution in [1.29, 1.82) is 0 Å². The van der Waals surface area contributed by atoms with Crippen molar-refractivity contribution in [3.8, 4) is 11.3 Å². The van der Waals surface area contributed by atoms with Crippen LogP contribution in [0.1, 0.15) is 10.5 Å². The summed E-state index contributed by atoms with van der Waals surface area (Å²) in [5, 5.41) is 10.0. The fourth-order valence-corrected chi connectivity index (χ4v) is 1.18. The number of esters is 1. The average molecular weight is 204 g/mol. The topological polar surface area (TPSA) is 80.8 Å². The lowest BCUT2D eigenvalue weighted by atomic mass is 10.1. The maximum Gasteiger partial charge on any atom is 0.360 e. The highest BCUT2D eigenvalue weighted by atomic mass is 16.5. The maximum atomic E-state index is 11.3. The number of nitrogens with one attached hydrogen (secondary N) is 1. The Morgan fingerprint density at radius 2 is 2.07 bits per heavy atom. The van der Waals surface area contributed by atoms with Crippen molar-refractivity contribution in [2.24, 2.45) is 0 Å². The lowest BCUT2D eigenvalue weighted by Gasteiger charge is -1.97. The standard InChI is InChI=1S/C9H8N4O2/c1-15-9(14)8-7(11-13-12-8)6-2-4-10-5-3-6/h2-5H,1H3,(H,11,12,13). The molecule has 0 spiro atoms. The van der Waals surface area contributed by atoms with Crippen LogP contribution in [0, 0.1) is 0 Å². The molecule has 1 N–H and O–H groups in total. The van der Waals surface area contributed by atoms with E-state index in [1.807, 2.05) is 0 Å². The molecule has 0 fully saturated rings. The van der Waals surface area contributed by atoms with Crippen LogP contribution in [-0.4, -0.2) is 33.5 Å². The number of hydrogen-bond donors (Lipinski definition) is 1. The van der Waals surface area contributed by atoms with Crippen molar-refractivity contribution < 1.29 is 9.53 Å². The van der Waals surface area contributed by atoms with Gasteiger partial charge in [0.15, 0.2) is 5.69 Å². The van der Waals surface area contributed by atoms with Gasteiger partial charge in [0.25, 0.3) is 0 Å². The number of carbonyl (C=O) groups is 1. The smallest absolute Gasteiger partial charge is 0.360 e. The van der Waals surface area contributed by atoms with E-state index >= 15 is 0 Å². The first kappa shape index (κ1) is 9.32. The number of H-pyrrole nitrogens is 1. The highest BCUT2D eigenvalue weighted by Crippen LogP contribution is 2.18. The maximum absolute atomic E-state index is 11.3. The average Bonchev–Trinajstić information content (AvgIpc) is 2.78. The second kappa shape index (κ2) is 3.87. The number of aromatic nitrogens is 4. The Bertz CT molecular complexity index is 466. The van der Waals surface area contributed by atoms with E-state index in [1.54, 1.807) is 24.5 Å². The van der Waals surface area contributed by atoms with Crippen LogP contribution >= 0.6 is 0 Å². The van der Waals surface area contributed by atoms with Crippen LogP contribution in [0.4, 0.5) is 0 Å². The van der Waals surface area contributed by atoms with E-state index in [2.05, 4.69) is 25.1 Å². The minimum Gasteiger partial charge on any atom is -0.464 e.